The third-order valence-corrected chi connectivity index (χ3v) is 2.16. The van der Waals surface area contributed by atoms with Crippen molar-refractivity contribution in [1.29, 1.82) is 0 Å². The van der Waals surface area contributed by atoms with Gasteiger partial charge in [0.2, 0.25) is 0 Å². The van der Waals surface area contributed by atoms with Crippen molar-refractivity contribution in [3.8, 4) is 0 Å². The highest BCUT2D eigenvalue weighted by Crippen LogP contribution is 2.18. The maximum absolute atomic E-state index is 12.9. The van der Waals surface area contributed by atoms with Crippen LogP contribution in [0.15, 0.2) is 18.2 Å². The van der Waals surface area contributed by atoms with Crippen LogP contribution in [0.1, 0.15) is 18.0 Å². The minimum atomic E-state index is -0.870. The van der Waals surface area contributed by atoms with E-state index in [-0.39, 0.29) is 6.04 Å². The van der Waals surface area contributed by atoms with Crippen molar-refractivity contribution >= 4 is 0 Å². The molecule has 15 heavy (non-hydrogen) atoms. The second-order valence-corrected chi connectivity index (χ2v) is 3.17. The van der Waals surface area contributed by atoms with Crippen LogP contribution in [0.2, 0.25) is 0 Å². The van der Waals surface area contributed by atoms with Gasteiger partial charge < -0.3 is 4.74 Å². The van der Waals surface area contributed by atoms with Crippen LogP contribution in [0.4, 0.5) is 8.78 Å². The van der Waals surface area contributed by atoms with Crippen LogP contribution in [-0.4, -0.2) is 13.7 Å². The summed E-state index contributed by atoms with van der Waals surface area (Å²) in [6.45, 7) is 0.494. The third kappa shape index (κ3) is 3.23. The molecule has 0 bridgehead atoms. The highest BCUT2D eigenvalue weighted by molar-refractivity contribution is 5.21. The van der Waals surface area contributed by atoms with E-state index in [0.717, 1.165) is 12.1 Å². The third-order valence-electron chi connectivity index (χ3n) is 2.16. The fourth-order valence-electron chi connectivity index (χ4n) is 1.31. The molecular weight excluding hydrogens is 202 g/mol. The minimum absolute atomic E-state index is 0.236. The van der Waals surface area contributed by atoms with Crippen LogP contribution in [0.5, 0.6) is 0 Å². The Morgan fingerprint density at radius 1 is 1.40 bits per heavy atom. The lowest BCUT2D eigenvalue weighted by Gasteiger charge is -2.15. The molecule has 1 rings (SSSR count). The van der Waals surface area contributed by atoms with Crippen LogP contribution in [-0.2, 0) is 4.74 Å². The van der Waals surface area contributed by atoms with Gasteiger partial charge in [0.15, 0.2) is 11.6 Å². The summed E-state index contributed by atoms with van der Waals surface area (Å²) in [7, 11) is 1.57. The molecule has 1 aromatic carbocycles. The Hall–Kier alpha value is -1.04. The molecule has 1 unspecified atom stereocenters. The average Bonchev–Trinajstić information content (AvgIpc) is 2.24. The predicted octanol–water partition coefficient (Wildman–Crippen LogP) is 1.51. The largest absolute Gasteiger partial charge is 0.385 e. The second kappa shape index (κ2) is 5.75. The molecule has 0 saturated carbocycles. The first-order chi connectivity index (χ1) is 7.19. The van der Waals surface area contributed by atoms with Gasteiger partial charge in [0.05, 0.1) is 0 Å². The molecule has 0 aliphatic carbocycles. The van der Waals surface area contributed by atoms with Crippen molar-refractivity contribution in [2.45, 2.75) is 12.5 Å². The molecule has 0 aliphatic heterocycles. The van der Waals surface area contributed by atoms with E-state index in [4.69, 9.17) is 10.6 Å². The van der Waals surface area contributed by atoms with E-state index >= 15 is 0 Å². The van der Waals surface area contributed by atoms with Gasteiger partial charge in [-0.05, 0) is 24.1 Å². The van der Waals surface area contributed by atoms with Crippen molar-refractivity contribution in [3.63, 3.8) is 0 Å². The van der Waals surface area contributed by atoms with Gasteiger partial charge in [0, 0.05) is 19.8 Å². The SMILES string of the molecule is COCCC(NN)c1ccc(F)c(F)c1. The first-order valence-corrected chi connectivity index (χ1v) is 4.59. The Morgan fingerprint density at radius 2 is 2.13 bits per heavy atom. The molecule has 1 atom stereocenters. The van der Waals surface area contributed by atoms with E-state index in [9.17, 15) is 8.78 Å². The van der Waals surface area contributed by atoms with Crippen LogP contribution < -0.4 is 11.3 Å². The normalized spacial score (nSPS) is 12.8. The number of hydrogen-bond acceptors (Lipinski definition) is 3. The van der Waals surface area contributed by atoms with Crippen LogP contribution in [0.3, 0.4) is 0 Å². The second-order valence-electron chi connectivity index (χ2n) is 3.17. The number of nitrogens with two attached hydrogens (primary N) is 1. The van der Waals surface area contributed by atoms with Gasteiger partial charge in [-0.25, -0.2) is 8.78 Å². The number of nitrogens with one attached hydrogen (secondary N) is 1. The van der Waals surface area contributed by atoms with Crippen molar-refractivity contribution < 1.29 is 13.5 Å². The Labute approximate surface area is 87.2 Å². The van der Waals surface area contributed by atoms with Crippen molar-refractivity contribution in [1.82, 2.24) is 5.43 Å². The van der Waals surface area contributed by atoms with Crippen LogP contribution >= 0.6 is 0 Å². The van der Waals surface area contributed by atoms with Gasteiger partial charge in [0.25, 0.3) is 0 Å². The first kappa shape index (κ1) is 12.0. The summed E-state index contributed by atoms with van der Waals surface area (Å²) in [4.78, 5) is 0. The number of halogens is 2. The lowest BCUT2D eigenvalue weighted by atomic mass is 10.0. The molecule has 0 fully saturated rings. The van der Waals surface area contributed by atoms with Gasteiger partial charge in [-0.15, -0.1) is 0 Å². The molecule has 0 amide bonds. The molecule has 3 nitrogen and oxygen atoms in total. The number of ether oxygens (including phenoxy) is 1. The lowest BCUT2D eigenvalue weighted by molar-refractivity contribution is 0.183. The van der Waals surface area contributed by atoms with Crippen LogP contribution in [0.25, 0.3) is 0 Å². The molecule has 3 N–H and O–H groups in total. The summed E-state index contributed by atoms with van der Waals surface area (Å²) in [5, 5.41) is 0. The summed E-state index contributed by atoms with van der Waals surface area (Å²) >= 11 is 0. The van der Waals surface area contributed by atoms with Gasteiger partial charge in [0.1, 0.15) is 0 Å². The van der Waals surface area contributed by atoms with Gasteiger partial charge in [-0.3, -0.25) is 11.3 Å². The molecule has 1 aromatic rings. The zero-order chi connectivity index (χ0) is 11.3. The van der Waals surface area contributed by atoms with Crippen molar-refractivity contribution in [2.75, 3.05) is 13.7 Å². The van der Waals surface area contributed by atoms with E-state index in [0.29, 0.717) is 18.6 Å². The molecule has 5 heteroatoms. The Balaban J connectivity index is 2.78. The molecule has 84 valence electrons. The Bertz CT molecular complexity index is 320. The van der Waals surface area contributed by atoms with E-state index in [1.807, 2.05) is 0 Å². The van der Waals surface area contributed by atoms with Crippen molar-refractivity contribution in [2.24, 2.45) is 5.84 Å². The zero-order valence-electron chi connectivity index (χ0n) is 8.47. The summed E-state index contributed by atoms with van der Waals surface area (Å²) < 4.78 is 30.5. The number of hydrogen-bond donors (Lipinski definition) is 2. The maximum atomic E-state index is 12.9. The van der Waals surface area contributed by atoms with E-state index in [1.54, 1.807) is 7.11 Å². The smallest absolute Gasteiger partial charge is 0.159 e. The number of hydrazine groups is 1. The Kier molecular flexibility index (Phi) is 4.61. The molecule has 0 heterocycles. The average molecular weight is 216 g/mol. The first-order valence-electron chi connectivity index (χ1n) is 4.59. The zero-order valence-corrected chi connectivity index (χ0v) is 8.47. The fraction of sp³-hybridized carbons (Fsp3) is 0.400. The van der Waals surface area contributed by atoms with Gasteiger partial charge in [-0.1, -0.05) is 6.07 Å². The minimum Gasteiger partial charge on any atom is -0.385 e. The lowest BCUT2D eigenvalue weighted by Crippen LogP contribution is -2.29. The molecule has 0 radical (unpaired) electrons. The molecule has 0 spiro atoms. The van der Waals surface area contributed by atoms with E-state index < -0.39 is 11.6 Å². The molecule has 0 saturated heterocycles. The molecule has 0 aromatic heterocycles. The standard InChI is InChI=1S/C10H14F2N2O/c1-15-5-4-10(14-13)7-2-3-8(11)9(12)6-7/h2-3,6,10,14H,4-5,13H2,1H3. The predicted molar refractivity (Wildman–Crippen MR) is 52.9 cm³/mol. The van der Waals surface area contributed by atoms with Crippen molar-refractivity contribution in [3.05, 3.63) is 35.4 Å². The van der Waals surface area contributed by atoms with E-state index in [2.05, 4.69) is 5.43 Å². The number of methoxy groups -OCH3 is 1. The summed E-state index contributed by atoms with van der Waals surface area (Å²) in [5.74, 6) is 3.58. The highest BCUT2D eigenvalue weighted by atomic mass is 19.2. The fourth-order valence-corrected chi connectivity index (χ4v) is 1.31. The number of rotatable bonds is 5. The summed E-state index contributed by atoms with van der Waals surface area (Å²) in [5.41, 5.74) is 3.14. The Morgan fingerprint density at radius 3 is 2.67 bits per heavy atom. The highest BCUT2D eigenvalue weighted by Gasteiger charge is 2.11. The monoisotopic (exact) mass is 216 g/mol. The van der Waals surface area contributed by atoms with Crippen LogP contribution in [0, 0.1) is 11.6 Å². The summed E-state index contributed by atoms with van der Waals surface area (Å²) in [6, 6.07) is 3.48. The maximum Gasteiger partial charge on any atom is 0.159 e. The topological polar surface area (TPSA) is 47.3 Å². The molecular formula is C10H14F2N2O. The molecule has 0 aliphatic rings. The van der Waals surface area contributed by atoms with Gasteiger partial charge >= 0.3 is 0 Å². The van der Waals surface area contributed by atoms with Gasteiger partial charge in [-0.2, -0.15) is 0 Å². The number of benzene rings is 1. The summed E-state index contributed by atoms with van der Waals surface area (Å²) in [6.07, 6.45) is 0.595. The van der Waals surface area contributed by atoms with E-state index in [1.165, 1.54) is 6.07 Å². The quantitative estimate of drug-likeness (QED) is 0.579.